The fourth-order valence-electron chi connectivity index (χ4n) is 2.70. The van der Waals surface area contributed by atoms with Crippen LogP contribution in [0.4, 0.5) is 11.6 Å². The molecule has 1 aromatic carbocycles. The zero-order chi connectivity index (χ0) is 21.1. The van der Waals surface area contributed by atoms with E-state index < -0.39 is 14.9 Å². The summed E-state index contributed by atoms with van der Waals surface area (Å²) in [4.78, 5) is 16.7. The van der Waals surface area contributed by atoms with Crippen molar-refractivity contribution in [1.82, 2.24) is 9.55 Å². The SMILES string of the molecule is Cc1nc(N(CCc2ccc(S(N)(=O)=O)cc2)C(N)=S)c([N+](=O)[O-])n1CCN. The van der Waals surface area contributed by atoms with Gasteiger partial charge in [0.1, 0.15) is 6.54 Å². The van der Waals surface area contributed by atoms with Gasteiger partial charge in [0.05, 0.1) is 4.90 Å². The van der Waals surface area contributed by atoms with E-state index in [1.807, 2.05) is 0 Å². The predicted molar refractivity (Wildman–Crippen MR) is 108 cm³/mol. The molecule has 0 aliphatic heterocycles. The van der Waals surface area contributed by atoms with Crippen LogP contribution in [0.3, 0.4) is 0 Å². The maximum atomic E-state index is 11.6. The molecule has 0 aliphatic rings. The lowest BCUT2D eigenvalue weighted by molar-refractivity contribution is -0.391. The highest BCUT2D eigenvalue weighted by molar-refractivity contribution is 7.89. The molecule has 2 aromatic rings. The van der Waals surface area contributed by atoms with Crippen LogP contribution in [0.2, 0.25) is 0 Å². The summed E-state index contributed by atoms with van der Waals surface area (Å²) in [5.41, 5.74) is 12.1. The number of primary sulfonamides is 1. The summed E-state index contributed by atoms with van der Waals surface area (Å²) in [6.07, 6.45) is 0.391. The van der Waals surface area contributed by atoms with Gasteiger partial charge in [-0.3, -0.25) is 4.90 Å². The number of nitrogens with zero attached hydrogens (tertiary/aromatic N) is 4. The third kappa shape index (κ3) is 4.81. The van der Waals surface area contributed by atoms with Gasteiger partial charge in [0.25, 0.3) is 0 Å². The Hall–Kier alpha value is -2.61. The number of sulfonamides is 1. The highest BCUT2D eigenvalue weighted by Gasteiger charge is 2.30. The number of rotatable bonds is 8. The zero-order valence-corrected chi connectivity index (χ0v) is 16.7. The fourth-order valence-corrected chi connectivity index (χ4v) is 3.40. The van der Waals surface area contributed by atoms with Crippen LogP contribution in [0.5, 0.6) is 0 Å². The molecule has 28 heavy (non-hydrogen) atoms. The molecule has 0 amide bonds. The molecule has 0 unspecified atom stereocenters. The third-order valence-electron chi connectivity index (χ3n) is 4.04. The first-order chi connectivity index (χ1) is 13.1. The predicted octanol–water partition coefficient (Wildman–Crippen LogP) is -0.00148. The average Bonchev–Trinajstić information content (AvgIpc) is 2.91. The lowest BCUT2D eigenvalue weighted by atomic mass is 10.1. The Labute approximate surface area is 167 Å². The topological polar surface area (TPSA) is 176 Å². The quantitative estimate of drug-likeness (QED) is 0.297. The van der Waals surface area contributed by atoms with Crippen molar-refractivity contribution in [3.63, 3.8) is 0 Å². The number of hydrogen-bond donors (Lipinski definition) is 3. The van der Waals surface area contributed by atoms with Crippen LogP contribution in [0, 0.1) is 17.0 Å². The van der Waals surface area contributed by atoms with Gasteiger partial charge in [-0.25, -0.2) is 18.1 Å². The van der Waals surface area contributed by atoms with Gasteiger partial charge < -0.3 is 21.6 Å². The monoisotopic (exact) mass is 427 g/mol. The van der Waals surface area contributed by atoms with Crippen molar-refractivity contribution in [2.24, 2.45) is 16.6 Å². The molecule has 0 fully saturated rings. The van der Waals surface area contributed by atoms with E-state index in [0.29, 0.717) is 12.2 Å². The molecule has 0 spiro atoms. The van der Waals surface area contributed by atoms with Gasteiger partial charge in [0, 0.05) is 20.0 Å². The number of anilines is 1. The van der Waals surface area contributed by atoms with E-state index in [0.717, 1.165) is 5.56 Å². The molecule has 0 saturated heterocycles. The molecule has 1 aromatic heterocycles. The van der Waals surface area contributed by atoms with Gasteiger partial charge in [-0.05, 0) is 41.3 Å². The largest absolute Gasteiger partial charge is 0.376 e. The number of hydrogen-bond acceptors (Lipinski definition) is 7. The highest BCUT2D eigenvalue weighted by Crippen LogP contribution is 2.29. The van der Waals surface area contributed by atoms with Crippen molar-refractivity contribution in [3.8, 4) is 0 Å². The Kier molecular flexibility index (Phi) is 6.66. The lowest BCUT2D eigenvalue weighted by Gasteiger charge is -2.20. The molecule has 1 heterocycles. The van der Waals surface area contributed by atoms with Crippen molar-refractivity contribution in [1.29, 1.82) is 0 Å². The van der Waals surface area contributed by atoms with E-state index >= 15 is 0 Å². The van der Waals surface area contributed by atoms with E-state index in [4.69, 9.17) is 28.8 Å². The fraction of sp³-hybridized carbons (Fsp3) is 0.333. The molecule has 13 heteroatoms. The molecule has 152 valence electrons. The van der Waals surface area contributed by atoms with Crippen molar-refractivity contribution < 1.29 is 13.3 Å². The van der Waals surface area contributed by atoms with Crippen LogP contribution >= 0.6 is 12.2 Å². The van der Waals surface area contributed by atoms with Crippen LogP contribution in [0.1, 0.15) is 11.4 Å². The minimum atomic E-state index is -3.78. The average molecular weight is 428 g/mol. The second-order valence-electron chi connectivity index (χ2n) is 5.93. The smallest absolute Gasteiger partial charge is 0.367 e. The van der Waals surface area contributed by atoms with Crippen LogP contribution < -0.4 is 21.5 Å². The van der Waals surface area contributed by atoms with Crippen LogP contribution in [-0.2, 0) is 23.0 Å². The first-order valence-corrected chi connectivity index (χ1v) is 10.1. The molecular formula is C15H21N7O4S2. The van der Waals surface area contributed by atoms with Crippen molar-refractivity contribution in [3.05, 3.63) is 45.8 Å². The number of nitro groups is 1. The first kappa shape index (κ1) is 21.7. The molecule has 0 bridgehead atoms. The summed E-state index contributed by atoms with van der Waals surface area (Å²) >= 11 is 5.06. The molecule has 11 nitrogen and oxygen atoms in total. The van der Waals surface area contributed by atoms with Crippen LogP contribution in [0.25, 0.3) is 0 Å². The normalized spacial score (nSPS) is 11.4. The number of nitrogens with two attached hydrogens (primary N) is 3. The second kappa shape index (κ2) is 8.60. The minimum Gasteiger partial charge on any atom is -0.376 e. The number of aryl methyl sites for hydroxylation is 1. The Morgan fingerprint density at radius 3 is 2.43 bits per heavy atom. The summed E-state index contributed by atoms with van der Waals surface area (Å²) in [5, 5.41) is 16.6. The number of benzene rings is 1. The van der Waals surface area contributed by atoms with Gasteiger partial charge in [-0.1, -0.05) is 12.1 Å². The van der Waals surface area contributed by atoms with Gasteiger partial charge >= 0.3 is 5.82 Å². The molecule has 2 rings (SSSR count). The number of aromatic nitrogens is 2. The molecular weight excluding hydrogens is 406 g/mol. The summed E-state index contributed by atoms with van der Waals surface area (Å²) in [7, 11) is -3.78. The Morgan fingerprint density at radius 2 is 1.96 bits per heavy atom. The van der Waals surface area contributed by atoms with E-state index in [2.05, 4.69) is 4.98 Å². The van der Waals surface area contributed by atoms with Gasteiger partial charge in [-0.15, -0.1) is 0 Å². The summed E-state index contributed by atoms with van der Waals surface area (Å²) in [5.74, 6) is 0.232. The molecule has 0 aliphatic carbocycles. The highest BCUT2D eigenvalue weighted by atomic mass is 32.2. The Bertz CT molecular complexity index is 987. The molecule has 6 N–H and O–H groups in total. The Balaban J connectivity index is 2.31. The maximum absolute atomic E-state index is 11.6. The Morgan fingerprint density at radius 1 is 1.36 bits per heavy atom. The van der Waals surface area contributed by atoms with E-state index in [1.165, 1.54) is 21.6 Å². The van der Waals surface area contributed by atoms with Gasteiger partial charge in [0.15, 0.2) is 10.9 Å². The molecule has 0 atom stereocenters. The van der Waals surface area contributed by atoms with Crippen molar-refractivity contribution in [2.45, 2.75) is 24.8 Å². The third-order valence-corrected chi connectivity index (χ3v) is 5.19. The molecule has 0 radical (unpaired) electrons. The molecule has 0 saturated carbocycles. The van der Waals surface area contributed by atoms with Gasteiger partial charge in [0.2, 0.25) is 15.8 Å². The lowest BCUT2D eigenvalue weighted by Crippen LogP contribution is -2.37. The zero-order valence-electron chi connectivity index (χ0n) is 15.1. The van der Waals surface area contributed by atoms with Crippen molar-refractivity contribution >= 4 is 39.0 Å². The standard InChI is InChI=1S/C15H21N7O4S2/c1-10-19-13(14(22(23)24)20(10)9-7-16)21(15(17)27)8-6-11-2-4-12(5-3-11)28(18,25)26/h2-5H,6-9,16H2,1H3,(H2,17,27)(H2,18,25,26). The van der Waals surface area contributed by atoms with Crippen LogP contribution in [-0.4, -0.2) is 41.1 Å². The van der Waals surface area contributed by atoms with Crippen molar-refractivity contribution in [2.75, 3.05) is 18.0 Å². The van der Waals surface area contributed by atoms with Gasteiger partial charge in [-0.2, -0.15) is 4.98 Å². The minimum absolute atomic E-state index is 0.00533. The second-order valence-corrected chi connectivity index (χ2v) is 7.91. The van der Waals surface area contributed by atoms with E-state index in [1.54, 1.807) is 19.1 Å². The summed E-state index contributed by atoms with van der Waals surface area (Å²) in [6.45, 7) is 2.29. The summed E-state index contributed by atoms with van der Waals surface area (Å²) < 4.78 is 24.1. The number of imidazole rings is 1. The van der Waals surface area contributed by atoms with Crippen LogP contribution in [0.15, 0.2) is 29.2 Å². The maximum Gasteiger partial charge on any atom is 0.367 e. The summed E-state index contributed by atoms with van der Waals surface area (Å²) in [6, 6.07) is 5.98. The van der Waals surface area contributed by atoms with E-state index in [9.17, 15) is 18.5 Å². The first-order valence-electron chi connectivity index (χ1n) is 8.16. The van der Waals surface area contributed by atoms with E-state index in [-0.39, 0.29) is 41.3 Å². The number of thiocarbonyl (C=S) groups is 1.